The van der Waals surface area contributed by atoms with Crippen LogP contribution in [0.15, 0.2) is 43.0 Å². The highest BCUT2D eigenvalue weighted by atomic mass is 16.1. The number of fused-ring (bicyclic) bond motifs is 1. The molecule has 0 fully saturated rings. The van der Waals surface area contributed by atoms with Crippen LogP contribution in [0.4, 0.5) is 0 Å². The van der Waals surface area contributed by atoms with Crippen molar-refractivity contribution < 1.29 is 4.79 Å². The highest BCUT2D eigenvalue weighted by Crippen LogP contribution is 2.22. The number of primary amides is 1. The minimum Gasteiger partial charge on any atom is -0.369 e. The van der Waals surface area contributed by atoms with Gasteiger partial charge in [0.1, 0.15) is 5.69 Å². The normalized spacial score (nSPS) is 11.2. The van der Waals surface area contributed by atoms with Crippen LogP contribution in [-0.4, -0.2) is 40.1 Å². The van der Waals surface area contributed by atoms with Gasteiger partial charge in [-0.15, -0.1) is 0 Å². The molecule has 24 heavy (non-hydrogen) atoms. The Morgan fingerprint density at radius 3 is 2.92 bits per heavy atom. The summed E-state index contributed by atoms with van der Waals surface area (Å²) in [6.07, 6.45) is 7.06. The third kappa shape index (κ3) is 2.41. The lowest BCUT2D eigenvalue weighted by molar-refractivity contribution is -0.117. The number of hydrogen-bond donors (Lipinski definition) is 1. The summed E-state index contributed by atoms with van der Waals surface area (Å²) in [5, 5.41) is 12.8. The molecule has 0 spiro atoms. The fourth-order valence-corrected chi connectivity index (χ4v) is 2.53. The van der Waals surface area contributed by atoms with E-state index in [1.54, 1.807) is 26.3 Å². The Hall–Kier alpha value is -3.49. The van der Waals surface area contributed by atoms with Gasteiger partial charge in [0.05, 0.1) is 24.3 Å². The number of hydrogen-bond acceptors (Lipinski definition) is 5. The van der Waals surface area contributed by atoms with Gasteiger partial charge in [-0.1, -0.05) is 0 Å². The topological polar surface area (TPSA) is 109 Å². The Labute approximate surface area is 136 Å². The second kappa shape index (κ2) is 5.30. The van der Waals surface area contributed by atoms with Crippen molar-refractivity contribution in [2.75, 3.05) is 0 Å². The van der Waals surface area contributed by atoms with Crippen molar-refractivity contribution in [3.63, 3.8) is 0 Å². The molecule has 120 valence electrons. The molecule has 2 N–H and O–H groups in total. The summed E-state index contributed by atoms with van der Waals surface area (Å²) in [5.74, 6) is 0.508. The monoisotopic (exact) mass is 322 g/mol. The summed E-state index contributed by atoms with van der Waals surface area (Å²) >= 11 is 0. The van der Waals surface area contributed by atoms with Crippen molar-refractivity contribution in [1.82, 2.24) is 34.2 Å². The van der Waals surface area contributed by atoms with Crippen LogP contribution in [0.25, 0.3) is 22.6 Å². The first-order valence-corrected chi connectivity index (χ1v) is 7.27. The van der Waals surface area contributed by atoms with Crippen LogP contribution < -0.4 is 5.73 Å². The second-order valence-corrected chi connectivity index (χ2v) is 5.39. The first kappa shape index (κ1) is 14.1. The molecular formula is C15H14N8O. The van der Waals surface area contributed by atoms with Gasteiger partial charge in [-0.3, -0.25) is 9.48 Å². The minimum atomic E-state index is -0.476. The number of amides is 1. The van der Waals surface area contributed by atoms with Crippen molar-refractivity contribution in [2.24, 2.45) is 12.8 Å². The third-order valence-corrected chi connectivity index (χ3v) is 3.58. The van der Waals surface area contributed by atoms with Gasteiger partial charge in [-0.25, -0.2) is 14.2 Å². The summed E-state index contributed by atoms with van der Waals surface area (Å²) in [6, 6.07) is 5.75. The maximum Gasteiger partial charge on any atom is 0.225 e. The maximum atomic E-state index is 11.2. The molecule has 9 heteroatoms. The van der Waals surface area contributed by atoms with Crippen molar-refractivity contribution in [3.05, 3.63) is 48.8 Å². The summed E-state index contributed by atoms with van der Waals surface area (Å²) in [5.41, 5.74) is 7.81. The molecule has 4 heterocycles. The van der Waals surface area contributed by atoms with E-state index in [2.05, 4.69) is 20.3 Å². The predicted molar refractivity (Wildman–Crippen MR) is 85.2 cm³/mol. The van der Waals surface area contributed by atoms with Crippen molar-refractivity contribution in [3.8, 4) is 17.1 Å². The molecule has 0 radical (unpaired) electrons. The minimum absolute atomic E-state index is 0.0187. The number of aromatic nitrogens is 7. The van der Waals surface area contributed by atoms with Crippen molar-refractivity contribution >= 4 is 11.4 Å². The Kier molecular flexibility index (Phi) is 3.12. The number of carbonyl (C=O) groups is 1. The predicted octanol–water partition coefficient (Wildman–Crippen LogP) is 0.343. The van der Waals surface area contributed by atoms with Gasteiger partial charge in [-0.2, -0.15) is 15.3 Å². The van der Waals surface area contributed by atoms with E-state index in [9.17, 15) is 4.79 Å². The summed E-state index contributed by atoms with van der Waals surface area (Å²) in [6.45, 7) is 0. The Morgan fingerprint density at radius 1 is 1.29 bits per heavy atom. The average Bonchev–Trinajstić information content (AvgIpc) is 3.24. The quantitative estimate of drug-likeness (QED) is 0.583. The number of carbonyl (C=O) groups excluding carboxylic acids is 1. The molecule has 4 aromatic heterocycles. The van der Waals surface area contributed by atoms with Crippen LogP contribution in [0, 0.1) is 0 Å². The number of nitrogens with two attached hydrogens (primary N) is 1. The number of nitrogens with zero attached hydrogens (tertiary/aromatic N) is 7. The molecular weight excluding hydrogens is 308 g/mol. The molecule has 4 rings (SSSR count). The maximum absolute atomic E-state index is 11.2. The first-order chi connectivity index (χ1) is 11.6. The van der Waals surface area contributed by atoms with Crippen LogP contribution in [0.5, 0.6) is 0 Å². The molecule has 0 aliphatic carbocycles. The van der Waals surface area contributed by atoms with E-state index in [1.165, 1.54) is 0 Å². The molecule has 0 atom stereocenters. The van der Waals surface area contributed by atoms with Gasteiger partial charge in [0, 0.05) is 25.0 Å². The van der Waals surface area contributed by atoms with Gasteiger partial charge < -0.3 is 5.73 Å². The molecule has 0 saturated heterocycles. The van der Waals surface area contributed by atoms with E-state index >= 15 is 0 Å². The van der Waals surface area contributed by atoms with E-state index in [0.29, 0.717) is 11.6 Å². The smallest absolute Gasteiger partial charge is 0.225 e. The van der Waals surface area contributed by atoms with Crippen molar-refractivity contribution in [2.45, 2.75) is 6.42 Å². The van der Waals surface area contributed by atoms with Crippen LogP contribution in [-0.2, 0) is 18.3 Å². The van der Waals surface area contributed by atoms with Gasteiger partial charge in [0.2, 0.25) is 5.91 Å². The fraction of sp³-hybridized carbons (Fsp3) is 0.133. The Balaban J connectivity index is 1.88. The fourth-order valence-electron chi connectivity index (χ4n) is 2.53. The van der Waals surface area contributed by atoms with Gasteiger partial charge in [0.15, 0.2) is 11.6 Å². The van der Waals surface area contributed by atoms with E-state index in [4.69, 9.17) is 5.73 Å². The average molecular weight is 322 g/mol. The number of rotatable bonds is 4. The molecule has 0 saturated carbocycles. The molecule has 0 aromatic carbocycles. The Morgan fingerprint density at radius 2 is 2.17 bits per heavy atom. The van der Waals surface area contributed by atoms with Gasteiger partial charge >= 0.3 is 0 Å². The number of aryl methyl sites for hydroxylation is 1. The molecule has 4 aromatic rings. The van der Waals surface area contributed by atoms with E-state index in [-0.39, 0.29) is 6.42 Å². The zero-order valence-electron chi connectivity index (χ0n) is 12.9. The molecule has 1 amide bonds. The van der Waals surface area contributed by atoms with Crippen LogP contribution >= 0.6 is 0 Å². The molecule has 0 aliphatic heterocycles. The summed E-state index contributed by atoms with van der Waals surface area (Å²) in [7, 11) is 1.82. The van der Waals surface area contributed by atoms with Gasteiger partial charge in [-0.05, 0) is 18.2 Å². The molecule has 0 bridgehead atoms. The Bertz CT molecular complexity index is 1040. The lowest BCUT2D eigenvalue weighted by Gasteiger charge is -2.03. The zero-order valence-corrected chi connectivity index (χ0v) is 12.9. The molecule has 0 aliphatic rings. The standard InChI is InChI=1S/C15H14N8O/c1-21-9-12(8-18-21)23-15(19-14(20-23)7-13(16)24)10-3-5-22-11(6-10)2-4-17-22/h2-6,8-9H,7H2,1H3,(H2,16,24). The zero-order chi connectivity index (χ0) is 16.7. The van der Waals surface area contributed by atoms with E-state index in [1.807, 2.05) is 37.6 Å². The molecule has 9 nitrogen and oxygen atoms in total. The largest absolute Gasteiger partial charge is 0.369 e. The second-order valence-electron chi connectivity index (χ2n) is 5.39. The number of pyridine rings is 1. The third-order valence-electron chi connectivity index (χ3n) is 3.58. The highest BCUT2D eigenvalue weighted by Gasteiger charge is 2.16. The van der Waals surface area contributed by atoms with E-state index in [0.717, 1.165) is 16.8 Å². The van der Waals surface area contributed by atoms with Crippen LogP contribution in [0.3, 0.4) is 0 Å². The lowest BCUT2D eigenvalue weighted by Crippen LogP contribution is -2.14. The van der Waals surface area contributed by atoms with Gasteiger partial charge in [0.25, 0.3) is 0 Å². The molecule has 0 unspecified atom stereocenters. The summed E-state index contributed by atoms with van der Waals surface area (Å²) in [4.78, 5) is 15.7. The lowest BCUT2D eigenvalue weighted by atomic mass is 10.2. The summed E-state index contributed by atoms with van der Waals surface area (Å²) < 4.78 is 5.10. The van der Waals surface area contributed by atoms with E-state index < -0.39 is 5.91 Å². The highest BCUT2D eigenvalue weighted by molar-refractivity contribution is 5.76. The van der Waals surface area contributed by atoms with Crippen LogP contribution in [0.1, 0.15) is 5.82 Å². The van der Waals surface area contributed by atoms with Crippen LogP contribution in [0.2, 0.25) is 0 Å². The first-order valence-electron chi connectivity index (χ1n) is 7.27. The van der Waals surface area contributed by atoms with Crippen molar-refractivity contribution in [1.29, 1.82) is 0 Å². The SMILES string of the molecule is Cn1cc(-n2nc(CC(N)=O)nc2-c2ccn3nccc3c2)cn1.